The van der Waals surface area contributed by atoms with E-state index in [0.29, 0.717) is 12.2 Å². The van der Waals surface area contributed by atoms with E-state index < -0.39 is 0 Å². The Labute approximate surface area is 200 Å². The van der Waals surface area contributed by atoms with Crippen molar-refractivity contribution >= 4 is 22.9 Å². The summed E-state index contributed by atoms with van der Waals surface area (Å²) in [5.74, 6) is -0.222. The van der Waals surface area contributed by atoms with Crippen LogP contribution in [0.3, 0.4) is 0 Å². The van der Waals surface area contributed by atoms with E-state index in [2.05, 4.69) is 33.8 Å². The van der Waals surface area contributed by atoms with Gasteiger partial charge in [-0.3, -0.25) is 4.57 Å². The fourth-order valence-corrected chi connectivity index (χ4v) is 4.75. The maximum absolute atomic E-state index is 12.1. The van der Waals surface area contributed by atoms with Crippen LogP contribution in [0.15, 0.2) is 32.3 Å². The van der Waals surface area contributed by atoms with E-state index in [9.17, 15) is 4.79 Å². The number of hydrogen-bond acceptors (Lipinski definition) is 4. The van der Waals surface area contributed by atoms with Crippen molar-refractivity contribution < 1.29 is 9.52 Å². The van der Waals surface area contributed by atoms with Crippen molar-refractivity contribution in [2.24, 2.45) is 5.41 Å². The molecule has 0 amide bonds. The molecule has 1 heterocycles. The molecule has 0 unspecified atom stereocenters. The van der Waals surface area contributed by atoms with Gasteiger partial charge in [0.2, 0.25) is 0 Å². The Hall–Kier alpha value is -1.20. The van der Waals surface area contributed by atoms with E-state index >= 15 is 0 Å². The van der Waals surface area contributed by atoms with Crippen LogP contribution in [0.25, 0.3) is 11.1 Å². The van der Waals surface area contributed by atoms with Crippen molar-refractivity contribution in [3.63, 3.8) is 0 Å². The van der Waals surface area contributed by atoms with Gasteiger partial charge in [-0.25, -0.2) is 4.79 Å². The Morgan fingerprint density at radius 3 is 2.09 bits per heavy atom. The molecular formula is C27H47NO3S. The molecule has 5 heteroatoms. The van der Waals surface area contributed by atoms with E-state index in [4.69, 9.17) is 9.52 Å². The molecule has 3 rings (SSSR count). The van der Waals surface area contributed by atoms with E-state index in [0.717, 1.165) is 47.9 Å². The summed E-state index contributed by atoms with van der Waals surface area (Å²) in [5.41, 5.74) is 2.35. The van der Waals surface area contributed by atoms with Crippen molar-refractivity contribution in [1.29, 1.82) is 0 Å². The molecule has 0 bridgehead atoms. The van der Waals surface area contributed by atoms with E-state index in [1.807, 2.05) is 29.9 Å². The molecule has 4 nitrogen and oxygen atoms in total. The van der Waals surface area contributed by atoms with Crippen molar-refractivity contribution in [2.75, 3.05) is 12.9 Å². The Bertz CT molecular complexity index is 797. The van der Waals surface area contributed by atoms with E-state index in [1.54, 1.807) is 11.8 Å². The van der Waals surface area contributed by atoms with Gasteiger partial charge in [-0.2, -0.15) is 0 Å². The molecule has 32 heavy (non-hydrogen) atoms. The van der Waals surface area contributed by atoms with Gasteiger partial charge in [0.1, 0.15) is 0 Å². The summed E-state index contributed by atoms with van der Waals surface area (Å²) in [5, 5.41) is 7.88. The van der Waals surface area contributed by atoms with Gasteiger partial charge in [0.25, 0.3) is 0 Å². The maximum atomic E-state index is 12.1. The lowest BCUT2D eigenvalue weighted by Crippen LogP contribution is -2.20. The predicted octanol–water partition coefficient (Wildman–Crippen LogP) is 8.21. The highest BCUT2D eigenvalue weighted by molar-refractivity contribution is 7.98. The molecular weight excluding hydrogens is 418 g/mol. The minimum Gasteiger partial charge on any atom is -0.408 e. The Morgan fingerprint density at radius 2 is 1.66 bits per heavy atom. The first-order chi connectivity index (χ1) is 15.4. The normalized spacial score (nSPS) is 15.1. The highest BCUT2D eigenvalue weighted by Gasteiger charge is 2.23. The summed E-state index contributed by atoms with van der Waals surface area (Å²) in [4.78, 5) is 13.3. The third-order valence-electron chi connectivity index (χ3n) is 6.57. The van der Waals surface area contributed by atoms with Crippen LogP contribution in [-0.4, -0.2) is 22.5 Å². The molecule has 1 aliphatic rings. The number of nitrogens with zero attached hydrogens (tertiary/aromatic N) is 1. The average molecular weight is 466 g/mol. The lowest BCUT2D eigenvalue weighted by atomic mass is 9.74. The second-order valence-corrected chi connectivity index (χ2v) is 10.1. The predicted molar refractivity (Wildman–Crippen MR) is 140 cm³/mol. The number of thioether (sulfide) groups is 1. The number of rotatable bonds is 8. The number of benzene rings is 1. The SMILES string of the molecule is CCC1(C)CCCCC1.CCCC(CCC)n1c(=O)oc2ccc(SC)cc21.CCCO. The number of fused-ring (bicyclic) bond motifs is 1. The first-order valence-corrected chi connectivity index (χ1v) is 13.9. The largest absolute Gasteiger partial charge is 0.420 e. The molecule has 1 fully saturated rings. The van der Waals surface area contributed by atoms with Crippen LogP contribution < -0.4 is 5.76 Å². The highest BCUT2D eigenvalue weighted by Crippen LogP contribution is 2.38. The molecule has 0 atom stereocenters. The first kappa shape index (κ1) is 28.8. The van der Waals surface area contributed by atoms with Gasteiger partial charge in [0.05, 0.1) is 5.52 Å². The fraction of sp³-hybridized carbons (Fsp3) is 0.741. The lowest BCUT2D eigenvalue weighted by Gasteiger charge is -2.32. The smallest absolute Gasteiger partial charge is 0.408 e. The molecule has 0 radical (unpaired) electrons. The summed E-state index contributed by atoms with van der Waals surface area (Å²) >= 11 is 1.68. The third-order valence-corrected chi connectivity index (χ3v) is 7.29. The monoisotopic (exact) mass is 465 g/mol. The summed E-state index contributed by atoms with van der Waals surface area (Å²) in [6.45, 7) is 11.3. The van der Waals surface area contributed by atoms with Crippen LogP contribution in [0.2, 0.25) is 0 Å². The van der Waals surface area contributed by atoms with Gasteiger partial charge in [0.15, 0.2) is 5.58 Å². The second-order valence-electron chi connectivity index (χ2n) is 9.25. The summed E-state index contributed by atoms with van der Waals surface area (Å²) < 4.78 is 7.22. The molecule has 0 spiro atoms. The van der Waals surface area contributed by atoms with Crippen molar-refractivity contribution in [3.8, 4) is 0 Å². The van der Waals surface area contributed by atoms with Crippen LogP contribution in [0.1, 0.15) is 111 Å². The maximum Gasteiger partial charge on any atom is 0.420 e. The third kappa shape index (κ3) is 8.97. The molecule has 1 aliphatic carbocycles. The van der Waals surface area contributed by atoms with Crippen LogP contribution in [-0.2, 0) is 0 Å². The zero-order chi connectivity index (χ0) is 24.0. The van der Waals surface area contributed by atoms with Gasteiger partial charge >= 0.3 is 5.76 Å². The zero-order valence-electron chi connectivity index (χ0n) is 21.4. The minimum atomic E-state index is -0.222. The molecule has 1 aromatic heterocycles. The van der Waals surface area contributed by atoms with Gasteiger partial charge in [-0.1, -0.05) is 73.1 Å². The number of aliphatic hydroxyl groups excluding tert-OH is 1. The summed E-state index contributed by atoms with van der Waals surface area (Å²) in [6, 6.07) is 6.20. The van der Waals surface area contributed by atoms with Gasteiger partial charge < -0.3 is 9.52 Å². The molecule has 2 aromatic rings. The Balaban J connectivity index is 0.000000326. The Morgan fingerprint density at radius 1 is 1.06 bits per heavy atom. The van der Waals surface area contributed by atoms with Crippen LogP contribution >= 0.6 is 11.8 Å². The molecule has 1 N–H and O–H groups in total. The van der Waals surface area contributed by atoms with Gasteiger partial charge in [0, 0.05) is 17.5 Å². The van der Waals surface area contributed by atoms with Crippen molar-refractivity contribution in [3.05, 3.63) is 28.7 Å². The lowest BCUT2D eigenvalue weighted by molar-refractivity contribution is 0.208. The number of oxazole rings is 1. The average Bonchev–Trinajstić information content (AvgIpc) is 3.14. The Kier molecular flexibility index (Phi) is 14.1. The minimum absolute atomic E-state index is 0.222. The number of aromatic nitrogens is 1. The zero-order valence-corrected chi connectivity index (χ0v) is 22.2. The van der Waals surface area contributed by atoms with Crippen LogP contribution in [0, 0.1) is 5.41 Å². The number of aliphatic hydroxyl groups is 1. The number of hydrogen-bond donors (Lipinski definition) is 1. The van der Waals surface area contributed by atoms with Crippen molar-refractivity contribution in [2.45, 2.75) is 116 Å². The molecule has 0 saturated heterocycles. The topological polar surface area (TPSA) is 55.4 Å². The standard InChI is InChI=1S/C15H21NO2S.C9H18.C3H8O/c1-4-6-11(7-5-2)16-13-10-12(19-3)8-9-14(13)18-15(16)17;1-3-9(2)7-5-4-6-8-9;1-2-3-4/h8-11H,4-7H2,1-3H3;3-8H2,1-2H3;4H,2-3H2,1H3. The highest BCUT2D eigenvalue weighted by atomic mass is 32.2. The van der Waals surface area contributed by atoms with Gasteiger partial charge in [-0.05, 0) is 62.0 Å². The van der Waals surface area contributed by atoms with Crippen molar-refractivity contribution in [1.82, 2.24) is 4.57 Å². The van der Waals surface area contributed by atoms with Crippen LogP contribution in [0.4, 0.5) is 0 Å². The molecule has 1 aromatic carbocycles. The first-order valence-electron chi connectivity index (χ1n) is 12.7. The summed E-state index contributed by atoms with van der Waals surface area (Å²) in [7, 11) is 0. The van der Waals surface area contributed by atoms with E-state index in [1.165, 1.54) is 38.5 Å². The molecule has 184 valence electrons. The van der Waals surface area contributed by atoms with Crippen LogP contribution in [0.5, 0.6) is 0 Å². The second kappa shape index (κ2) is 15.6. The molecule has 1 saturated carbocycles. The van der Waals surface area contributed by atoms with E-state index in [-0.39, 0.29) is 11.8 Å². The fourth-order valence-electron chi connectivity index (χ4n) is 4.31. The molecule has 0 aliphatic heterocycles. The quantitative estimate of drug-likeness (QED) is 0.399. The summed E-state index contributed by atoms with van der Waals surface area (Å²) in [6.07, 6.45) is 15.9. The van der Waals surface area contributed by atoms with Gasteiger partial charge in [-0.15, -0.1) is 11.8 Å².